The van der Waals surface area contributed by atoms with Crippen molar-refractivity contribution in [2.45, 2.75) is 20.8 Å². The number of carbonyl (C=O) groups is 3. The molecule has 8 heteroatoms. The van der Waals surface area contributed by atoms with Gasteiger partial charge in [0.1, 0.15) is 22.1 Å². The Morgan fingerprint density at radius 3 is 2.58 bits per heavy atom. The van der Waals surface area contributed by atoms with Crippen molar-refractivity contribution in [2.75, 3.05) is 18.5 Å². The standard InChI is InChI=1S/C16H17NO6S/c1-4-21-16(20)14-11(12-6-5-9(2)23-12)8-24-15(14)17-13(19)7-22-10(3)18/h5-6,8H,4,7H2,1-3H3,(H,17,19). The monoisotopic (exact) mass is 351 g/mol. The zero-order valence-electron chi connectivity index (χ0n) is 13.5. The number of thiophene rings is 1. The number of aryl methyl sites for hydroxylation is 1. The number of anilines is 1. The molecule has 128 valence electrons. The molecule has 0 aliphatic rings. The van der Waals surface area contributed by atoms with E-state index >= 15 is 0 Å². The third-order valence-electron chi connectivity index (χ3n) is 2.94. The third-order valence-corrected chi connectivity index (χ3v) is 3.83. The van der Waals surface area contributed by atoms with Crippen LogP contribution < -0.4 is 5.32 Å². The molecule has 0 bridgehead atoms. The highest BCUT2D eigenvalue weighted by Crippen LogP contribution is 2.37. The fraction of sp³-hybridized carbons (Fsp3) is 0.312. The van der Waals surface area contributed by atoms with E-state index < -0.39 is 24.5 Å². The minimum absolute atomic E-state index is 0.201. The summed E-state index contributed by atoms with van der Waals surface area (Å²) in [5.41, 5.74) is 0.752. The summed E-state index contributed by atoms with van der Waals surface area (Å²) in [6.07, 6.45) is 0. The molecular weight excluding hydrogens is 334 g/mol. The highest BCUT2D eigenvalue weighted by Gasteiger charge is 2.24. The largest absolute Gasteiger partial charge is 0.462 e. The van der Waals surface area contributed by atoms with Gasteiger partial charge in [-0.3, -0.25) is 9.59 Å². The molecular formula is C16H17NO6S. The lowest BCUT2D eigenvalue weighted by atomic mass is 10.1. The van der Waals surface area contributed by atoms with Crippen molar-refractivity contribution in [1.82, 2.24) is 0 Å². The zero-order valence-corrected chi connectivity index (χ0v) is 14.3. The average Bonchev–Trinajstić information content (AvgIpc) is 3.11. The molecule has 2 aromatic rings. The molecule has 2 heterocycles. The van der Waals surface area contributed by atoms with Crippen LogP contribution in [0.1, 0.15) is 30.0 Å². The SMILES string of the molecule is CCOC(=O)c1c(-c2ccc(C)o2)csc1NC(=O)COC(C)=O. The van der Waals surface area contributed by atoms with Crippen LogP contribution in [0.5, 0.6) is 0 Å². The predicted molar refractivity (Wildman–Crippen MR) is 88.0 cm³/mol. The second-order valence-corrected chi connectivity index (χ2v) is 5.69. The van der Waals surface area contributed by atoms with Gasteiger partial charge in [0.05, 0.1) is 6.61 Å². The summed E-state index contributed by atoms with van der Waals surface area (Å²) in [4.78, 5) is 34.9. The predicted octanol–water partition coefficient (Wildman–Crippen LogP) is 2.99. The van der Waals surface area contributed by atoms with Gasteiger partial charge in [0.25, 0.3) is 5.91 Å². The first kappa shape index (κ1) is 17.7. The molecule has 0 spiro atoms. The number of hydrogen-bond acceptors (Lipinski definition) is 7. The van der Waals surface area contributed by atoms with Gasteiger partial charge in [-0.05, 0) is 26.0 Å². The molecule has 7 nitrogen and oxygen atoms in total. The van der Waals surface area contributed by atoms with Crippen molar-refractivity contribution in [3.8, 4) is 11.3 Å². The zero-order chi connectivity index (χ0) is 17.7. The second kappa shape index (κ2) is 7.78. The van der Waals surface area contributed by atoms with Gasteiger partial charge in [-0.1, -0.05) is 0 Å². The van der Waals surface area contributed by atoms with E-state index in [1.54, 1.807) is 31.4 Å². The molecule has 2 rings (SSSR count). The minimum atomic E-state index is -0.564. The summed E-state index contributed by atoms with van der Waals surface area (Å²) in [5.74, 6) is -0.460. The Balaban J connectivity index is 2.30. The molecule has 0 aromatic carbocycles. The number of nitrogens with one attached hydrogen (secondary N) is 1. The van der Waals surface area contributed by atoms with Crippen LogP contribution in [0, 0.1) is 6.92 Å². The first-order valence-corrected chi connectivity index (χ1v) is 8.09. The van der Waals surface area contributed by atoms with Crippen LogP contribution in [0.15, 0.2) is 21.9 Å². The highest BCUT2D eigenvalue weighted by molar-refractivity contribution is 7.15. The number of furan rings is 1. The van der Waals surface area contributed by atoms with Gasteiger partial charge in [0.15, 0.2) is 6.61 Å². The first-order valence-electron chi connectivity index (χ1n) is 7.21. The Morgan fingerprint density at radius 2 is 2.00 bits per heavy atom. The van der Waals surface area contributed by atoms with E-state index in [4.69, 9.17) is 9.15 Å². The average molecular weight is 351 g/mol. The molecule has 0 atom stereocenters. The molecule has 24 heavy (non-hydrogen) atoms. The van der Waals surface area contributed by atoms with E-state index in [2.05, 4.69) is 10.1 Å². The van der Waals surface area contributed by atoms with Crippen molar-refractivity contribution in [3.63, 3.8) is 0 Å². The van der Waals surface area contributed by atoms with Gasteiger partial charge in [-0.25, -0.2) is 4.79 Å². The number of carbonyl (C=O) groups excluding carboxylic acids is 3. The number of rotatable bonds is 6. The maximum atomic E-state index is 12.3. The third kappa shape index (κ3) is 4.23. The summed E-state index contributed by atoms with van der Waals surface area (Å²) in [7, 11) is 0. The van der Waals surface area contributed by atoms with Crippen molar-refractivity contribution in [2.24, 2.45) is 0 Å². The van der Waals surface area contributed by atoms with Gasteiger partial charge < -0.3 is 19.2 Å². The number of hydrogen-bond donors (Lipinski definition) is 1. The molecule has 0 saturated heterocycles. The van der Waals surface area contributed by atoms with Crippen LogP contribution in [0.2, 0.25) is 0 Å². The Morgan fingerprint density at radius 1 is 1.25 bits per heavy atom. The molecule has 0 saturated carbocycles. The summed E-state index contributed by atoms with van der Waals surface area (Å²) in [5, 5.41) is 4.58. The van der Waals surface area contributed by atoms with E-state index in [0.717, 1.165) is 11.3 Å². The molecule has 0 fully saturated rings. The van der Waals surface area contributed by atoms with Crippen LogP contribution in [-0.4, -0.2) is 31.1 Å². The Labute approximate surface area is 142 Å². The van der Waals surface area contributed by atoms with E-state index in [-0.39, 0.29) is 12.2 Å². The van der Waals surface area contributed by atoms with Crippen molar-refractivity contribution in [1.29, 1.82) is 0 Å². The minimum Gasteiger partial charge on any atom is -0.462 e. The van der Waals surface area contributed by atoms with Gasteiger partial charge >= 0.3 is 11.9 Å². The molecule has 0 unspecified atom stereocenters. The van der Waals surface area contributed by atoms with Crippen LogP contribution in [0.3, 0.4) is 0 Å². The highest BCUT2D eigenvalue weighted by atomic mass is 32.1. The van der Waals surface area contributed by atoms with Crippen LogP contribution in [-0.2, 0) is 19.1 Å². The normalized spacial score (nSPS) is 10.3. The summed E-state index contributed by atoms with van der Waals surface area (Å²) < 4.78 is 15.3. The van der Waals surface area contributed by atoms with E-state index in [9.17, 15) is 14.4 Å². The van der Waals surface area contributed by atoms with Crippen molar-refractivity contribution < 1.29 is 28.3 Å². The van der Waals surface area contributed by atoms with Crippen molar-refractivity contribution in [3.05, 3.63) is 28.8 Å². The molecule has 1 N–H and O–H groups in total. The van der Waals surface area contributed by atoms with Crippen LogP contribution >= 0.6 is 11.3 Å². The second-order valence-electron chi connectivity index (χ2n) is 4.81. The quantitative estimate of drug-likeness (QED) is 0.804. The van der Waals surface area contributed by atoms with Gasteiger partial charge in [-0.15, -0.1) is 11.3 Å². The lowest BCUT2D eigenvalue weighted by molar-refractivity contribution is -0.144. The smallest absolute Gasteiger partial charge is 0.341 e. The molecule has 1 amide bonds. The molecule has 2 aromatic heterocycles. The lowest BCUT2D eigenvalue weighted by Crippen LogP contribution is -2.20. The fourth-order valence-corrected chi connectivity index (χ4v) is 2.90. The number of amides is 1. The molecule has 0 radical (unpaired) electrons. The maximum Gasteiger partial charge on any atom is 0.341 e. The van der Waals surface area contributed by atoms with Gasteiger partial charge in [0, 0.05) is 17.9 Å². The Bertz CT molecular complexity index is 760. The van der Waals surface area contributed by atoms with Gasteiger partial charge in [-0.2, -0.15) is 0 Å². The first-order chi connectivity index (χ1) is 11.4. The van der Waals surface area contributed by atoms with Crippen molar-refractivity contribution >= 4 is 34.2 Å². The van der Waals surface area contributed by atoms with Gasteiger partial charge in [0.2, 0.25) is 0 Å². The Kier molecular flexibility index (Phi) is 5.75. The summed E-state index contributed by atoms with van der Waals surface area (Å²) in [6.45, 7) is 4.47. The van der Waals surface area contributed by atoms with Crippen LogP contribution in [0.4, 0.5) is 5.00 Å². The number of ether oxygens (including phenoxy) is 2. The Hall–Kier alpha value is -2.61. The molecule has 0 aliphatic heterocycles. The fourth-order valence-electron chi connectivity index (χ4n) is 1.95. The summed E-state index contributed by atoms with van der Waals surface area (Å²) in [6, 6.07) is 3.52. The molecule has 0 aliphatic carbocycles. The van der Waals surface area contributed by atoms with E-state index in [1.807, 2.05) is 0 Å². The summed E-state index contributed by atoms with van der Waals surface area (Å²) >= 11 is 1.16. The maximum absolute atomic E-state index is 12.3. The lowest BCUT2D eigenvalue weighted by Gasteiger charge is -2.08. The number of esters is 2. The topological polar surface area (TPSA) is 94.8 Å². The van der Waals surface area contributed by atoms with E-state index in [0.29, 0.717) is 22.1 Å². The van der Waals surface area contributed by atoms with E-state index in [1.165, 1.54) is 6.92 Å². The van der Waals surface area contributed by atoms with Crippen LogP contribution in [0.25, 0.3) is 11.3 Å².